The van der Waals surface area contributed by atoms with E-state index in [2.05, 4.69) is 10.0 Å². The van der Waals surface area contributed by atoms with Crippen molar-refractivity contribution in [3.05, 3.63) is 53.1 Å². The molecule has 0 aliphatic heterocycles. The first kappa shape index (κ1) is 20.2. The van der Waals surface area contributed by atoms with E-state index in [0.717, 1.165) is 5.56 Å². The highest BCUT2D eigenvalue weighted by Gasteiger charge is 2.14. The Bertz CT molecular complexity index is 867. The highest BCUT2D eigenvalue weighted by atomic mass is 35.5. The number of hydrogen-bond donors (Lipinski definition) is 2. The fourth-order valence-electron chi connectivity index (χ4n) is 2.16. The number of benzene rings is 2. The zero-order chi connectivity index (χ0) is 19.2. The second kappa shape index (κ2) is 9.02. The monoisotopic (exact) mass is 396 g/mol. The molecule has 2 N–H and O–H groups in total. The minimum Gasteiger partial charge on any atom is -0.494 e. The number of sulfonamides is 1. The van der Waals surface area contributed by atoms with Crippen molar-refractivity contribution < 1.29 is 17.9 Å². The Hall–Kier alpha value is -2.09. The number of rotatable bonds is 8. The smallest absolute Gasteiger partial charge is 0.240 e. The van der Waals surface area contributed by atoms with Gasteiger partial charge in [0.1, 0.15) is 5.75 Å². The molecule has 2 aromatic rings. The van der Waals surface area contributed by atoms with Crippen LogP contribution < -0.4 is 14.8 Å². The lowest BCUT2D eigenvalue weighted by Gasteiger charge is -2.09. The lowest BCUT2D eigenvalue weighted by Crippen LogP contribution is -2.27. The molecule has 0 radical (unpaired) electrons. The molecule has 0 heterocycles. The van der Waals surface area contributed by atoms with E-state index in [4.69, 9.17) is 16.3 Å². The summed E-state index contributed by atoms with van der Waals surface area (Å²) in [6.45, 7) is 4.21. The van der Waals surface area contributed by atoms with Crippen molar-refractivity contribution in [2.45, 2.75) is 25.2 Å². The molecule has 0 aliphatic carbocycles. The van der Waals surface area contributed by atoms with Gasteiger partial charge in [0.15, 0.2) is 0 Å². The molecular weight excluding hydrogens is 376 g/mol. The van der Waals surface area contributed by atoms with Crippen LogP contribution in [0.1, 0.15) is 18.9 Å². The largest absolute Gasteiger partial charge is 0.494 e. The molecule has 0 saturated carbocycles. The third-order valence-corrected chi connectivity index (χ3v) is 5.43. The molecular formula is C18H21ClN2O4S. The Morgan fingerprint density at radius 3 is 2.46 bits per heavy atom. The zero-order valence-electron chi connectivity index (χ0n) is 14.6. The third-order valence-electron chi connectivity index (χ3n) is 3.54. The van der Waals surface area contributed by atoms with E-state index in [0.29, 0.717) is 23.1 Å². The van der Waals surface area contributed by atoms with Crippen LogP contribution in [0.15, 0.2) is 47.4 Å². The van der Waals surface area contributed by atoms with Gasteiger partial charge >= 0.3 is 0 Å². The van der Waals surface area contributed by atoms with Crippen molar-refractivity contribution >= 4 is 33.2 Å². The second-order valence-corrected chi connectivity index (χ2v) is 7.74. The lowest BCUT2D eigenvalue weighted by molar-refractivity contribution is -0.116. The van der Waals surface area contributed by atoms with Gasteiger partial charge in [0, 0.05) is 23.7 Å². The summed E-state index contributed by atoms with van der Waals surface area (Å²) in [4.78, 5) is 12.1. The van der Waals surface area contributed by atoms with Crippen LogP contribution in [0, 0.1) is 6.92 Å². The molecule has 0 unspecified atom stereocenters. The number of anilines is 1. The number of amides is 1. The van der Waals surface area contributed by atoms with Gasteiger partial charge in [0.2, 0.25) is 15.9 Å². The number of nitrogens with one attached hydrogen (secondary N) is 2. The standard InChI is InChI=1S/C18H21ClN2O4S/c1-3-25-15-6-8-16(9-7-15)26(23,24)20-11-10-18(22)21-14-5-4-13(2)17(19)12-14/h4-9,12,20H,3,10-11H2,1-2H3,(H,21,22). The molecule has 140 valence electrons. The fraction of sp³-hybridized carbons (Fsp3) is 0.278. The number of halogens is 1. The van der Waals surface area contributed by atoms with E-state index in [-0.39, 0.29) is 23.8 Å². The summed E-state index contributed by atoms with van der Waals surface area (Å²) in [5, 5.41) is 3.24. The molecule has 2 aromatic carbocycles. The zero-order valence-corrected chi connectivity index (χ0v) is 16.2. The lowest BCUT2D eigenvalue weighted by atomic mass is 10.2. The van der Waals surface area contributed by atoms with Crippen LogP contribution in [0.2, 0.25) is 5.02 Å². The molecule has 0 fully saturated rings. The van der Waals surface area contributed by atoms with Crippen LogP contribution in [0.5, 0.6) is 5.75 Å². The van der Waals surface area contributed by atoms with E-state index in [1.165, 1.54) is 12.1 Å². The first-order valence-corrected chi connectivity index (χ1v) is 9.96. The van der Waals surface area contributed by atoms with E-state index in [1.807, 2.05) is 13.8 Å². The molecule has 0 aliphatic rings. The van der Waals surface area contributed by atoms with Gasteiger partial charge in [-0.15, -0.1) is 0 Å². The van der Waals surface area contributed by atoms with Gasteiger partial charge in [0.05, 0.1) is 11.5 Å². The van der Waals surface area contributed by atoms with E-state index in [1.54, 1.807) is 30.3 Å². The topological polar surface area (TPSA) is 84.5 Å². The Balaban J connectivity index is 1.87. The van der Waals surface area contributed by atoms with Crippen LogP contribution in [0.3, 0.4) is 0 Å². The second-order valence-electron chi connectivity index (χ2n) is 5.56. The van der Waals surface area contributed by atoms with Crippen LogP contribution in [0.25, 0.3) is 0 Å². The average molecular weight is 397 g/mol. The molecule has 8 heteroatoms. The summed E-state index contributed by atoms with van der Waals surface area (Å²) < 4.78 is 32.1. The summed E-state index contributed by atoms with van der Waals surface area (Å²) in [5.41, 5.74) is 1.48. The Morgan fingerprint density at radius 1 is 1.15 bits per heavy atom. The molecule has 2 rings (SSSR count). The minimum absolute atomic E-state index is 0.00174. The SMILES string of the molecule is CCOc1ccc(S(=O)(=O)NCCC(=O)Nc2ccc(C)c(Cl)c2)cc1. The maximum Gasteiger partial charge on any atom is 0.240 e. The molecule has 0 bridgehead atoms. The van der Waals surface area contributed by atoms with E-state index >= 15 is 0 Å². The highest BCUT2D eigenvalue weighted by molar-refractivity contribution is 7.89. The number of aryl methyl sites for hydroxylation is 1. The van der Waals surface area contributed by atoms with Gasteiger partial charge in [-0.25, -0.2) is 13.1 Å². The quantitative estimate of drug-likeness (QED) is 0.716. The third kappa shape index (κ3) is 5.72. The van der Waals surface area contributed by atoms with Crippen LogP contribution in [-0.4, -0.2) is 27.5 Å². The number of ether oxygens (including phenoxy) is 1. The normalized spacial score (nSPS) is 11.2. The molecule has 0 aromatic heterocycles. The van der Waals surface area contributed by atoms with Crippen molar-refractivity contribution in [1.82, 2.24) is 4.72 Å². The van der Waals surface area contributed by atoms with Gasteiger partial charge < -0.3 is 10.1 Å². The Labute approximate surface area is 158 Å². The van der Waals surface area contributed by atoms with Crippen LogP contribution >= 0.6 is 11.6 Å². The van der Waals surface area contributed by atoms with Crippen molar-refractivity contribution in [3.8, 4) is 5.75 Å². The van der Waals surface area contributed by atoms with Gasteiger partial charge in [0.25, 0.3) is 0 Å². The Kier molecular flexibility index (Phi) is 7.02. The summed E-state index contributed by atoms with van der Waals surface area (Å²) in [7, 11) is -3.68. The minimum atomic E-state index is -3.68. The summed E-state index contributed by atoms with van der Waals surface area (Å²) in [6, 6.07) is 11.3. The number of carbonyl (C=O) groups excluding carboxylic acids is 1. The highest BCUT2D eigenvalue weighted by Crippen LogP contribution is 2.20. The van der Waals surface area contributed by atoms with Crippen molar-refractivity contribution in [1.29, 1.82) is 0 Å². The molecule has 1 amide bonds. The molecule has 6 nitrogen and oxygen atoms in total. The summed E-state index contributed by atoms with van der Waals surface area (Å²) in [6.07, 6.45) is 0.00174. The maximum absolute atomic E-state index is 12.2. The first-order chi connectivity index (χ1) is 12.3. The van der Waals surface area contributed by atoms with Crippen LogP contribution in [0.4, 0.5) is 5.69 Å². The number of hydrogen-bond acceptors (Lipinski definition) is 4. The predicted octanol–water partition coefficient (Wildman–Crippen LogP) is 3.35. The molecule has 0 spiro atoms. The Morgan fingerprint density at radius 2 is 1.85 bits per heavy atom. The number of carbonyl (C=O) groups is 1. The molecule has 26 heavy (non-hydrogen) atoms. The van der Waals surface area contributed by atoms with Crippen molar-refractivity contribution in [2.75, 3.05) is 18.5 Å². The average Bonchev–Trinajstić information content (AvgIpc) is 2.59. The van der Waals surface area contributed by atoms with Crippen molar-refractivity contribution in [2.24, 2.45) is 0 Å². The van der Waals surface area contributed by atoms with Gasteiger partial charge in [-0.1, -0.05) is 17.7 Å². The fourth-order valence-corrected chi connectivity index (χ4v) is 3.37. The van der Waals surface area contributed by atoms with E-state index in [9.17, 15) is 13.2 Å². The molecule has 0 atom stereocenters. The predicted molar refractivity (Wildman–Crippen MR) is 102 cm³/mol. The van der Waals surface area contributed by atoms with Crippen molar-refractivity contribution in [3.63, 3.8) is 0 Å². The summed E-state index contributed by atoms with van der Waals surface area (Å²) >= 11 is 6.01. The van der Waals surface area contributed by atoms with Crippen LogP contribution in [-0.2, 0) is 14.8 Å². The van der Waals surface area contributed by atoms with E-state index < -0.39 is 10.0 Å². The van der Waals surface area contributed by atoms with Gasteiger partial charge in [-0.2, -0.15) is 0 Å². The van der Waals surface area contributed by atoms with Gasteiger partial charge in [-0.05, 0) is 55.8 Å². The van der Waals surface area contributed by atoms with Gasteiger partial charge in [-0.3, -0.25) is 4.79 Å². The molecule has 0 saturated heterocycles. The first-order valence-electron chi connectivity index (χ1n) is 8.10. The maximum atomic E-state index is 12.2. The summed E-state index contributed by atoms with van der Waals surface area (Å²) in [5.74, 6) is 0.293.